The molecule has 0 spiro atoms. The van der Waals surface area contributed by atoms with E-state index in [1.807, 2.05) is 19.9 Å². The SMILES string of the molecule is CCCC(C)NC(=O)c1ccc2c(c1)CCN2S(=O)(=O)c1ccc(C)cc1. The van der Waals surface area contributed by atoms with E-state index in [4.69, 9.17) is 0 Å². The number of hydrogen-bond acceptors (Lipinski definition) is 3. The van der Waals surface area contributed by atoms with Crippen LogP contribution in [0.15, 0.2) is 47.4 Å². The van der Waals surface area contributed by atoms with Crippen molar-refractivity contribution in [1.82, 2.24) is 5.32 Å². The molecule has 3 rings (SSSR count). The third-order valence-corrected chi connectivity index (χ3v) is 6.73. The number of rotatable bonds is 6. The Morgan fingerprint density at radius 3 is 2.56 bits per heavy atom. The zero-order chi connectivity index (χ0) is 19.6. The Kier molecular flexibility index (Phi) is 5.56. The van der Waals surface area contributed by atoms with Crippen LogP contribution in [0.2, 0.25) is 0 Å². The van der Waals surface area contributed by atoms with Gasteiger partial charge >= 0.3 is 0 Å². The molecule has 0 aliphatic carbocycles. The van der Waals surface area contributed by atoms with Crippen molar-refractivity contribution in [3.05, 3.63) is 59.2 Å². The van der Waals surface area contributed by atoms with Crippen LogP contribution in [0, 0.1) is 6.92 Å². The second-order valence-corrected chi connectivity index (χ2v) is 9.01. The van der Waals surface area contributed by atoms with Gasteiger partial charge in [-0.2, -0.15) is 0 Å². The highest BCUT2D eigenvalue weighted by molar-refractivity contribution is 7.92. The van der Waals surface area contributed by atoms with Crippen LogP contribution in [0.4, 0.5) is 5.69 Å². The molecule has 6 heteroatoms. The average molecular weight is 387 g/mol. The number of anilines is 1. The molecule has 1 unspecified atom stereocenters. The first kappa shape index (κ1) is 19.4. The predicted molar refractivity (Wildman–Crippen MR) is 108 cm³/mol. The number of hydrogen-bond donors (Lipinski definition) is 1. The molecule has 0 saturated heterocycles. The highest BCUT2D eigenvalue weighted by Gasteiger charge is 2.31. The largest absolute Gasteiger partial charge is 0.350 e. The maximum Gasteiger partial charge on any atom is 0.264 e. The first-order valence-corrected chi connectivity index (χ1v) is 10.8. The van der Waals surface area contributed by atoms with Gasteiger partial charge in [0.1, 0.15) is 0 Å². The molecule has 27 heavy (non-hydrogen) atoms. The minimum Gasteiger partial charge on any atom is -0.350 e. The topological polar surface area (TPSA) is 66.5 Å². The number of nitrogens with zero attached hydrogens (tertiary/aromatic N) is 1. The maximum atomic E-state index is 13.0. The number of carbonyl (C=O) groups excluding carboxylic acids is 1. The molecule has 2 aromatic carbocycles. The smallest absolute Gasteiger partial charge is 0.264 e. The van der Waals surface area contributed by atoms with Crippen molar-refractivity contribution in [2.45, 2.75) is 51.0 Å². The fraction of sp³-hybridized carbons (Fsp3) is 0.381. The highest BCUT2D eigenvalue weighted by atomic mass is 32.2. The van der Waals surface area contributed by atoms with Gasteiger partial charge in [-0.3, -0.25) is 9.10 Å². The fourth-order valence-electron chi connectivity index (χ4n) is 3.41. The molecule has 1 amide bonds. The van der Waals surface area contributed by atoms with E-state index in [2.05, 4.69) is 12.2 Å². The van der Waals surface area contributed by atoms with Gasteiger partial charge in [0.2, 0.25) is 0 Å². The Labute approximate surface area is 161 Å². The maximum absolute atomic E-state index is 13.0. The van der Waals surface area contributed by atoms with E-state index < -0.39 is 10.0 Å². The van der Waals surface area contributed by atoms with E-state index in [-0.39, 0.29) is 16.8 Å². The van der Waals surface area contributed by atoms with Crippen molar-refractivity contribution >= 4 is 21.6 Å². The van der Waals surface area contributed by atoms with Crippen LogP contribution in [0.1, 0.15) is 48.2 Å². The van der Waals surface area contributed by atoms with E-state index in [1.165, 1.54) is 4.31 Å². The molecule has 1 heterocycles. The molecule has 0 bridgehead atoms. The van der Waals surface area contributed by atoms with Crippen LogP contribution < -0.4 is 9.62 Å². The van der Waals surface area contributed by atoms with E-state index >= 15 is 0 Å². The van der Waals surface area contributed by atoms with Crippen molar-refractivity contribution in [2.24, 2.45) is 0 Å². The van der Waals surface area contributed by atoms with Gasteiger partial charge in [-0.15, -0.1) is 0 Å². The van der Waals surface area contributed by atoms with Gasteiger partial charge in [0.05, 0.1) is 10.6 Å². The van der Waals surface area contributed by atoms with Crippen LogP contribution in [0.3, 0.4) is 0 Å². The summed E-state index contributed by atoms with van der Waals surface area (Å²) in [5.41, 5.74) is 3.14. The van der Waals surface area contributed by atoms with Gasteiger partial charge < -0.3 is 5.32 Å². The van der Waals surface area contributed by atoms with Crippen molar-refractivity contribution in [3.8, 4) is 0 Å². The molecule has 1 aliphatic rings. The predicted octanol–water partition coefficient (Wildman–Crippen LogP) is 3.66. The minimum absolute atomic E-state index is 0.112. The number of aryl methyl sites for hydroxylation is 1. The molecular formula is C21H26N2O3S. The van der Waals surface area contributed by atoms with Gasteiger partial charge in [-0.25, -0.2) is 8.42 Å². The summed E-state index contributed by atoms with van der Waals surface area (Å²) in [6.07, 6.45) is 2.54. The van der Waals surface area contributed by atoms with E-state index in [1.54, 1.807) is 36.4 Å². The van der Waals surface area contributed by atoms with Crippen molar-refractivity contribution < 1.29 is 13.2 Å². The Morgan fingerprint density at radius 1 is 1.19 bits per heavy atom. The first-order chi connectivity index (χ1) is 12.8. The number of fused-ring (bicyclic) bond motifs is 1. The molecule has 0 fully saturated rings. The molecule has 1 N–H and O–H groups in total. The summed E-state index contributed by atoms with van der Waals surface area (Å²) >= 11 is 0. The number of carbonyl (C=O) groups is 1. The first-order valence-electron chi connectivity index (χ1n) is 9.36. The fourth-order valence-corrected chi connectivity index (χ4v) is 4.92. The third-order valence-electron chi connectivity index (χ3n) is 4.90. The lowest BCUT2D eigenvalue weighted by Crippen LogP contribution is -2.32. The molecule has 5 nitrogen and oxygen atoms in total. The Morgan fingerprint density at radius 2 is 1.89 bits per heavy atom. The summed E-state index contributed by atoms with van der Waals surface area (Å²) in [5.74, 6) is -0.112. The van der Waals surface area contributed by atoms with E-state index in [0.717, 1.165) is 24.0 Å². The van der Waals surface area contributed by atoms with Crippen LogP contribution >= 0.6 is 0 Å². The number of benzene rings is 2. The second-order valence-electron chi connectivity index (χ2n) is 7.15. The highest BCUT2D eigenvalue weighted by Crippen LogP contribution is 2.33. The molecule has 2 aromatic rings. The zero-order valence-electron chi connectivity index (χ0n) is 16.0. The summed E-state index contributed by atoms with van der Waals surface area (Å²) < 4.78 is 27.4. The quantitative estimate of drug-likeness (QED) is 0.824. The van der Waals surface area contributed by atoms with E-state index in [0.29, 0.717) is 24.2 Å². The van der Waals surface area contributed by atoms with E-state index in [9.17, 15) is 13.2 Å². The molecule has 144 valence electrons. The van der Waals surface area contributed by atoms with Gasteiger partial charge in [-0.05, 0) is 62.6 Å². The van der Waals surface area contributed by atoms with Crippen molar-refractivity contribution in [1.29, 1.82) is 0 Å². The Bertz CT molecular complexity index is 936. The Balaban J connectivity index is 1.84. The standard InChI is InChI=1S/C21H26N2O3S/c1-4-5-16(3)22-21(24)18-8-11-20-17(14-18)12-13-23(20)27(25,26)19-9-6-15(2)7-10-19/h6-11,14,16H,4-5,12-13H2,1-3H3,(H,22,24). The molecular weight excluding hydrogens is 360 g/mol. The zero-order valence-corrected chi connectivity index (χ0v) is 16.8. The summed E-state index contributed by atoms with van der Waals surface area (Å²) in [4.78, 5) is 12.7. The molecule has 1 atom stereocenters. The monoisotopic (exact) mass is 386 g/mol. The minimum atomic E-state index is -3.60. The molecule has 1 aliphatic heterocycles. The summed E-state index contributed by atoms with van der Waals surface area (Å²) in [5, 5.41) is 2.99. The van der Waals surface area contributed by atoms with Crippen molar-refractivity contribution in [3.63, 3.8) is 0 Å². The molecule has 0 radical (unpaired) electrons. The number of nitrogens with one attached hydrogen (secondary N) is 1. The lowest BCUT2D eigenvalue weighted by atomic mass is 10.1. The Hall–Kier alpha value is -2.34. The van der Waals surface area contributed by atoms with Crippen LogP contribution in [-0.2, 0) is 16.4 Å². The van der Waals surface area contributed by atoms with Crippen molar-refractivity contribution in [2.75, 3.05) is 10.8 Å². The summed E-state index contributed by atoms with van der Waals surface area (Å²) in [6, 6.07) is 12.3. The summed E-state index contributed by atoms with van der Waals surface area (Å²) in [6.45, 7) is 6.39. The average Bonchev–Trinajstić information content (AvgIpc) is 3.06. The summed E-state index contributed by atoms with van der Waals surface area (Å²) in [7, 11) is -3.60. The van der Waals surface area contributed by atoms with Crippen LogP contribution in [-0.4, -0.2) is 26.9 Å². The van der Waals surface area contributed by atoms with Crippen LogP contribution in [0.5, 0.6) is 0 Å². The molecule has 0 saturated carbocycles. The normalized spacial score (nSPS) is 14.7. The molecule has 0 aromatic heterocycles. The second kappa shape index (κ2) is 7.72. The van der Waals surface area contributed by atoms with Crippen LogP contribution in [0.25, 0.3) is 0 Å². The number of amides is 1. The lowest BCUT2D eigenvalue weighted by molar-refractivity contribution is 0.0938. The van der Waals surface area contributed by atoms with Gasteiger partial charge in [0.25, 0.3) is 15.9 Å². The number of sulfonamides is 1. The lowest BCUT2D eigenvalue weighted by Gasteiger charge is -2.20. The van der Waals surface area contributed by atoms with Gasteiger partial charge in [0, 0.05) is 18.2 Å². The van der Waals surface area contributed by atoms with Gasteiger partial charge in [-0.1, -0.05) is 31.0 Å². The van der Waals surface area contributed by atoms with Gasteiger partial charge in [0.15, 0.2) is 0 Å². The third kappa shape index (κ3) is 4.00.